The van der Waals surface area contributed by atoms with Crippen LogP contribution < -0.4 is 10.9 Å². The topological polar surface area (TPSA) is 59.3 Å². The Morgan fingerprint density at radius 3 is 2.71 bits per heavy atom. The van der Waals surface area contributed by atoms with E-state index in [1.807, 2.05) is 0 Å². The molecule has 0 aromatic carbocycles. The predicted octanol–water partition coefficient (Wildman–Crippen LogP) is 2.81. The molecule has 112 valence electrons. The molecule has 1 saturated carbocycles. The SMILES string of the molecule is C=C1Cc2oc(=O)cc(CC3CCC(C)CC3)c2C(=O)N1. The van der Waals surface area contributed by atoms with Crippen LogP contribution in [-0.2, 0) is 12.8 Å². The van der Waals surface area contributed by atoms with Gasteiger partial charge in [-0.05, 0) is 36.7 Å². The second-order valence-corrected chi connectivity index (χ2v) is 6.45. The summed E-state index contributed by atoms with van der Waals surface area (Å²) >= 11 is 0. The van der Waals surface area contributed by atoms with Crippen LogP contribution in [0.5, 0.6) is 0 Å². The highest BCUT2D eigenvalue weighted by atomic mass is 16.4. The van der Waals surface area contributed by atoms with Crippen LogP contribution >= 0.6 is 0 Å². The Morgan fingerprint density at radius 2 is 2.00 bits per heavy atom. The molecule has 4 nitrogen and oxygen atoms in total. The minimum absolute atomic E-state index is 0.191. The molecular weight excluding hydrogens is 266 g/mol. The van der Waals surface area contributed by atoms with Crippen molar-refractivity contribution >= 4 is 5.91 Å². The largest absolute Gasteiger partial charge is 0.427 e. The van der Waals surface area contributed by atoms with Crippen molar-refractivity contribution < 1.29 is 9.21 Å². The Hall–Kier alpha value is -1.84. The third kappa shape index (κ3) is 2.94. The molecule has 2 heterocycles. The first kappa shape index (κ1) is 14.1. The zero-order valence-corrected chi connectivity index (χ0v) is 12.4. The van der Waals surface area contributed by atoms with Crippen LogP contribution in [-0.4, -0.2) is 5.91 Å². The summed E-state index contributed by atoms with van der Waals surface area (Å²) in [6, 6.07) is 1.49. The van der Waals surface area contributed by atoms with E-state index in [1.165, 1.54) is 31.7 Å². The van der Waals surface area contributed by atoms with Crippen LogP contribution in [0.3, 0.4) is 0 Å². The first-order valence-corrected chi connectivity index (χ1v) is 7.68. The zero-order valence-electron chi connectivity index (χ0n) is 12.4. The molecule has 0 bridgehead atoms. The quantitative estimate of drug-likeness (QED) is 0.910. The molecule has 21 heavy (non-hydrogen) atoms. The van der Waals surface area contributed by atoms with Crippen LogP contribution in [0.4, 0.5) is 0 Å². The van der Waals surface area contributed by atoms with Gasteiger partial charge in [-0.15, -0.1) is 0 Å². The fourth-order valence-corrected chi connectivity index (χ4v) is 3.46. The first-order valence-electron chi connectivity index (χ1n) is 7.68. The number of rotatable bonds is 2. The molecule has 1 N–H and O–H groups in total. The van der Waals surface area contributed by atoms with Gasteiger partial charge in [0.15, 0.2) is 0 Å². The highest BCUT2D eigenvalue weighted by Crippen LogP contribution is 2.32. The lowest BCUT2D eigenvalue weighted by molar-refractivity contribution is 0.0952. The van der Waals surface area contributed by atoms with Gasteiger partial charge in [-0.25, -0.2) is 4.79 Å². The number of allylic oxidation sites excluding steroid dienone is 1. The molecule has 0 atom stereocenters. The smallest absolute Gasteiger partial charge is 0.336 e. The molecule has 0 radical (unpaired) electrons. The first-order chi connectivity index (χ1) is 10.0. The van der Waals surface area contributed by atoms with Gasteiger partial charge in [0, 0.05) is 18.2 Å². The second-order valence-electron chi connectivity index (χ2n) is 6.45. The molecule has 1 aromatic heterocycles. The molecule has 1 aromatic rings. The van der Waals surface area contributed by atoms with Crippen molar-refractivity contribution in [3.8, 4) is 0 Å². The molecule has 4 heteroatoms. The summed E-state index contributed by atoms with van der Waals surface area (Å²) in [5.74, 6) is 1.63. The van der Waals surface area contributed by atoms with Crippen LogP contribution in [0.25, 0.3) is 0 Å². The van der Waals surface area contributed by atoms with Crippen molar-refractivity contribution in [3.63, 3.8) is 0 Å². The van der Waals surface area contributed by atoms with E-state index in [4.69, 9.17) is 4.42 Å². The van der Waals surface area contributed by atoms with Gasteiger partial charge in [0.05, 0.1) is 5.56 Å². The van der Waals surface area contributed by atoms with Crippen molar-refractivity contribution in [2.24, 2.45) is 11.8 Å². The summed E-state index contributed by atoms with van der Waals surface area (Å²) in [5.41, 5.74) is 1.61. The van der Waals surface area contributed by atoms with E-state index in [0.717, 1.165) is 17.9 Å². The number of hydrogen-bond donors (Lipinski definition) is 1. The number of amides is 1. The van der Waals surface area contributed by atoms with E-state index in [2.05, 4.69) is 18.8 Å². The lowest BCUT2D eigenvalue weighted by Gasteiger charge is -2.27. The van der Waals surface area contributed by atoms with E-state index in [1.54, 1.807) is 0 Å². The van der Waals surface area contributed by atoms with E-state index < -0.39 is 0 Å². The van der Waals surface area contributed by atoms with Gasteiger partial charge in [-0.2, -0.15) is 0 Å². The number of hydrogen-bond acceptors (Lipinski definition) is 3. The molecule has 0 spiro atoms. The van der Waals surface area contributed by atoms with Gasteiger partial charge in [0.2, 0.25) is 0 Å². The van der Waals surface area contributed by atoms with E-state index in [-0.39, 0.29) is 11.5 Å². The molecule has 1 amide bonds. The van der Waals surface area contributed by atoms with Crippen LogP contribution in [0, 0.1) is 11.8 Å². The van der Waals surface area contributed by atoms with Gasteiger partial charge in [0.25, 0.3) is 5.91 Å². The van der Waals surface area contributed by atoms with Crippen molar-refractivity contribution in [1.82, 2.24) is 5.32 Å². The lowest BCUT2D eigenvalue weighted by Crippen LogP contribution is -2.32. The fraction of sp³-hybridized carbons (Fsp3) is 0.529. The van der Waals surface area contributed by atoms with Crippen molar-refractivity contribution in [2.75, 3.05) is 0 Å². The molecular formula is C17H21NO3. The summed E-state index contributed by atoms with van der Waals surface area (Å²) in [6.07, 6.45) is 6.01. The van der Waals surface area contributed by atoms with E-state index in [9.17, 15) is 9.59 Å². The molecule has 1 aliphatic heterocycles. The maximum Gasteiger partial charge on any atom is 0.336 e. The standard InChI is InChI=1S/C17H21NO3/c1-10-3-5-12(6-4-10)8-13-9-15(19)21-14-7-11(2)18-17(20)16(13)14/h9-10,12H,2-8H2,1H3,(H,18,20). The van der Waals surface area contributed by atoms with E-state index in [0.29, 0.717) is 29.4 Å². The van der Waals surface area contributed by atoms with Crippen molar-refractivity contribution in [3.05, 3.63) is 45.6 Å². The summed E-state index contributed by atoms with van der Waals surface area (Å²) in [6.45, 7) is 6.04. The maximum atomic E-state index is 12.2. The van der Waals surface area contributed by atoms with Crippen molar-refractivity contribution in [1.29, 1.82) is 0 Å². The highest BCUT2D eigenvalue weighted by Gasteiger charge is 2.27. The Balaban J connectivity index is 1.90. The van der Waals surface area contributed by atoms with Crippen LogP contribution in [0.2, 0.25) is 0 Å². The Labute approximate surface area is 124 Å². The fourth-order valence-electron chi connectivity index (χ4n) is 3.46. The van der Waals surface area contributed by atoms with Crippen molar-refractivity contribution in [2.45, 2.75) is 45.4 Å². The van der Waals surface area contributed by atoms with E-state index >= 15 is 0 Å². The Kier molecular flexibility index (Phi) is 3.70. The van der Waals surface area contributed by atoms with Gasteiger partial charge in [-0.3, -0.25) is 4.79 Å². The summed E-state index contributed by atoms with van der Waals surface area (Å²) < 4.78 is 5.21. The van der Waals surface area contributed by atoms with Gasteiger partial charge in [-0.1, -0.05) is 26.3 Å². The minimum Gasteiger partial charge on any atom is -0.427 e. The normalized spacial score (nSPS) is 25.4. The predicted molar refractivity (Wildman–Crippen MR) is 80.1 cm³/mol. The molecule has 2 aliphatic rings. The number of fused-ring (bicyclic) bond motifs is 1. The average Bonchev–Trinajstić information content (AvgIpc) is 2.40. The third-order valence-corrected chi connectivity index (χ3v) is 4.65. The Bertz CT molecular complexity index is 636. The summed E-state index contributed by atoms with van der Waals surface area (Å²) in [4.78, 5) is 23.9. The number of nitrogens with one attached hydrogen (secondary N) is 1. The molecule has 1 fully saturated rings. The maximum absolute atomic E-state index is 12.2. The lowest BCUT2D eigenvalue weighted by atomic mass is 9.79. The summed E-state index contributed by atoms with van der Waals surface area (Å²) in [7, 11) is 0. The second kappa shape index (κ2) is 5.51. The molecule has 0 unspecified atom stereocenters. The van der Waals surface area contributed by atoms with Gasteiger partial charge in [0.1, 0.15) is 5.76 Å². The third-order valence-electron chi connectivity index (χ3n) is 4.65. The minimum atomic E-state index is -0.365. The Morgan fingerprint density at radius 1 is 1.29 bits per heavy atom. The number of carbonyl (C=O) groups excluding carboxylic acids is 1. The summed E-state index contributed by atoms with van der Waals surface area (Å²) in [5, 5.41) is 2.74. The molecule has 3 rings (SSSR count). The van der Waals surface area contributed by atoms with Crippen LogP contribution in [0.1, 0.15) is 54.3 Å². The average molecular weight is 287 g/mol. The molecule has 0 saturated heterocycles. The zero-order chi connectivity index (χ0) is 15.0. The highest BCUT2D eigenvalue weighted by molar-refractivity contribution is 5.98. The van der Waals surface area contributed by atoms with Gasteiger partial charge < -0.3 is 9.73 Å². The number of carbonyl (C=O) groups is 1. The van der Waals surface area contributed by atoms with Gasteiger partial charge >= 0.3 is 5.63 Å². The molecule has 1 aliphatic carbocycles. The monoisotopic (exact) mass is 287 g/mol. The van der Waals surface area contributed by atoms with Crippen LogP contribution in [0.15, 0.2) is 27.6 Å².